The van der Waals surface area contributed by atoms with E-state index in [0.717, 1.165) is 0 Å². The van der Waals surface area contributed by atoms with E-state index in [4.69, 9.17) is 0 Å². The number of rotatable bonds is 4. The zero-order valence-electron chi connectivity index (χ0n) is 12.6. The van der Waals surface area contributed by atoms with Gasteiger partial charge in [0.1, 0.15) is 26.8 Å². The number of benzene rings is 3. The van der Waals surface area contributed by atoms with Gasteiger partial charge < -0.3 is 0 Å². The highest BCUT2D eigenvalue weighted by atomic mass is 127. The maximum absolute atomic E-state index is 2.62. The molecule has 0 N–H and O–H groups in total. The van der Waals surface area contributed by atoms with Crippen molar-refractivity contribution in [2.24, 2.45) is 0 Å². The first kappa shape index (κ1) is 15.7. The van der Waals surface area contributed by atoms with E-state index in [1.807, 2.05) is 0 Å². The Morgan fingerprint density at radius 3 is 1.09 bits per heavy atom. The van der Waals surface area contributed by atoms with Gasteiger partial charge in [0.25, 0.3) is 0 Å². The average Bonchev–Trinajstić information content (AvgIpc) is 2.58. The molecule has 0 spiro atoms. The summed E-state index contributed by atoms with van der Waals surface area (Å²) in [6, 6.07) is 33.0. The maximum Gasteiger partial charge on any atom is 0.131 e. The monoisotopic (exact) mass is 417 g/mol. The number of alkyl halides is 1. The maximum atomic E-state index is 2.62. The van der Waals surface area contributed by atoms with Crippen LogP contribution in [0.5, 0.6) is 0 Å². The van der Waals surface area contributed by atoms with E-state index in [1.165, 1.54) is 15.9 Å². The van der Waals surface area contributed by atoms with Crippen LogP contribution in [0.3, 0.4) is 0 Å². The molecule has 0 saturated carbocycles. The molecule has 110 valence electrons. The smallest absolute Gasteiger partial charge is 0.0620 e. The Morgan fingerprint density at radius 2 is 0.864 bits per heavy atom. The Bertz CT molecular complexity index is 612. The molecule has 0 saturated heterocycles. The fourth-order valence-electron chi connectivity index (χ4n) is 3.05. The lowest BCUT2D eigenvalue weighted by Gasteiger charge is -2.30. The second-order valence-corrected chi connectivity index (χ2v) is 11.9. The summed E-state index contributed by atoms with van der Waals surface area (Å²) in [7, 11) is -1.64. The molecule has 0 amide bonds. The Kier molecular flexibility index (Phi) is 4.95. The second kappa shape index (κ2) is 6.93. The van der Waals surface area contributed by atoms with Crippen LogP contribution in [0.25, 0.3) is 0 Å². The second-order valence-electron chi connectivity index (χ2n) is 5.30. The summed E-state index contributed by atoms with van der Waals surface area (Å²) in [6.45, 7) is 2.35. The molecule has 0 unspecified atom stereocenters. The summed E-state index contributed by atoms with van der Waals surface area (Å²) in [5, 5.41) is 4.36. The lowest BCUT2D eigenvalue weighted by molar-refractivity contribution is 1.44. The summed E-state index contributed by atoms with van der Waals surface area (Å²) >= 11 is 2.62. The fourth-order valence-corrected chi connectivity index (χ4v) is 10.0. The van der Waals surface area contributed by atoms with E-state index < -0.39 is 7.26 Å². The Morgan fingerprint density at radius 1 is 0.591 bits per heavy atom. The van der Waals surface area contributed by atoms with Gasteiger partial charge in [0.05, 0.1) is 0 Å². The normalized spacial score (nSPS) is 12.8. The Hall–Kier alpha value is -1.18. The van der Waals surface area contributed by atoms with E-state index in [-0.39, 0.29) is 0 Å². The lowest BCUT2D eigenvalue weighted by Crippen LogP contribution is -2.35. The SMILES string of the molecule is C[C@@H](I)[P+](c1ccccc1)(c1ccccc1)c1ccccc1. The van der Waals surface area contributed by atoms with Crippen molar-refractivity contribution in [2.45, 2.75) is 10.6 Å². The minimum absolute atomic E-state index is 0.525. The zero-order chi connectivity index (χ0) is 15.4. The van der Waals surface area contributed by atoms with Gasteiger partial charge in [0.15, 0.2) is 0 Å². The predicted molar refractivity (Wildman–Crippen MR) is 109 cm³/mol. The molecule has 22 heavy (non-hydrogen) atoms. The lowest BCUT2D eigenvalue weighted by atomic mass is 10.4. The van der Waals surface area contributed by atoms with Crippen molar-refractivity contribution in [1.82, 2.24) is 0 Å². The Balaban J connectivity index is 2.34. The van der Waals surface area contributed by atoms with Crippen molar-refractivity contribution >= 4 is 45.8 Å². The Labute approximate surface area is 147 Å². The minimum atomic E-state index is -1.64. The highest BCUT2D eigenvalue weighted by Crippen LogP contribution is 2.61. The van der Waals surface area contributed by atoms with Crippen molar-refractivity contribution in [3.8, 4) is 0 Å². The standard InChI is InChI=1S/C20H19IP/c1-17(21)22(18-11-5-2-6-12-18,19-13-7-3-8-14-19)20-15-9-4-10-16-20/h2-17H,1H3/q+1/t17-/m0/s1. The van der Waals surface area contributed by atoms with Gasteiger partial charge in [-0.3, -0.25) is 0 Å². The molecular weight excluding hydrogens is 398 g/mol. The van der Waals surface area contributed by atoms with E-state index in [0.29, 0.717) is 3.67 Å². The molecule has 0 bridgehead atoms. The molecule has 0 aliphatic carbocycles. The van der Waals surface area contributed by atoms with Crippen LogP contribution in [0.2, 0.25) is 0 Å². The molecule has 3 aromatic rings. The van der Waals surface area contributed by atoms with E-state index in [2.05, 4.69) is 121 Å². The third-order valence-electron chi connectivity index (χ3n) is 4.02. The van der Waals surface area contributed by atoms with Crippen molar-refractivity contribution in [3.63, 3.8) is 0 Å². The van der Waals surface area contributed by atoms with Gasteiger partial charge in [-0.1, -0.05) is 54.6 Å². The van der Waals surface area contributed by atoms with Gasteiger partial charge in [-0.15, -0.1) is 0 Å². The molecule has 0 nitrogen and oxygen atoms in total. The topological polar surface area (TPSA) is 0 Å². The van der Waals surface area contributed by atoms with Gasteiger partial charge in [-0.2, -0.15) is 0 Å². The van der Waals surface area contributed by atoms with Crippen molar-refractivity contribution in [3.05, 3.63) is 91.0 Å². The van der Waals surface area contributed by atoms with Gasteiger partial charge in [-0.25, -0.2) is 0 Å². The molecule has 3 aromatic carbocycles. The predicted octanol–water partition coefficient (Wildman–Crippen LogP) is 4.76. The molecule has 0 heterocycles. The molecule has 3 rings (SSSR count). The van der Waals surface area contributed by atoms with Crippen LogP contribution in [0.1, 0.15) is 6.92 Å². The van der Waals surface area contributed by atoms with Crippen LogP contribution >= 0.6 is 29.9 Å². The minimum Gasteiger partial charge on any atom is -0.0620 e. The van der Waals surface area contributed by atoms with Crippen LogP contribution < -0.4 is 15.9 Å². The van der Waals surface area contributed by atoms with Crippen LogP contribution in [-0.2, 0) is 0 Å². The highest BCUT2D eigenvalue weighted by molar-refractivity contribution is 14.1. The first-order chi connectivity index (χ1) is 10.8. The first-order valence-electron chi connectivity index (χ1n) is 7.46. The van der Waals surface area contributed by atoms with Gasteiger partial charge in [-0.05, 0) is 65.9 Å². The number of hydrogen-bond donors (Lipinski definition) is 0. The van der Waals surface area contributed by atoms with E-state index in [1.54, 1.807) is 0 Å². The molecule has 2 heteroatoms. The molecule has 1 atom stereocenters. The number of hydrogen-bond acceptors (Lipinski definition) is 0. The van der Waals surface area contributed by atoms with Gasteiger partial charge in [0.2, 0.25) is 0 Å². The molecule has 0 aliphatic heterocycles. The molecule has 0 aliphatic rings. The fraction of sp³-hybridized carbons (Fsp3) is 0.100. The first-order valence-corrected chi connectivity index (χ1v) is 10.6. The highest BCUT2D eigenvalue weighted by Gasteiger charge is 2.49. The molecular formula is C20H19IP+. The largest absolute Gasteiger partial charge is 0.131 e. The zero-order valence-corrected chi connectivity index (χ0v) is 15.6. The van der Waals surface area contributed by atoms with E-state index in [9.17, 15) is 0 Å². The quantitative estimate of drug-likeness (QED) is 0.326. The third kappa shape index (κ3) is 2.73. The summed E-state index contributed by atoms with van der Waals surface area (Å²) in [5.41, 5.74) is 0. The summed E-state index contributed by atoms with van der Waals surface area (Å²) in [5.74, 6) is 0. The van der Waals surface area contributed by atoms with Crippen molar-refractivity contribution in [1.29, 1.82) is 0 Å². The van der Waals surface area contributed by atoms with Crippen LogP contribution in [0.15, 0.2) is 91.0 Å². The summed E-state index contributed by atoms with van der Waals surface area (Å²) < 4.78 is 0.525. The number of halogens is 1. The van der Waals surface area contributed by atoms with Crippen molar-refractivity contribution < 1.29 is 0 Å². The summed E-state index contributed by atoms with van der Waals surface area (Å²) in [6.07, 6.45) is 0. The van der Waals surface area contributed by atoms with Gasteiger partial charge >= 0.3 is 0 Å². The molecule has 0 aromatic heterocycles. The van der Waals surface area contributed by atoms with Crippen LogP contribution in [-0.4, -0.2) is 3.67 Å². The van der Waals surface area contributed by atoms with Gasteiger partial charge in [0, 0.05) is 0 Å². The van der Waals surface area contributed by atoms with E-state index >= 15 is 0 Å². The molecule has 0 fully saturated rings. The molecule has 0 radical (unpaired) electrons. The third-order valence-corrected chi connectivity index (χ3v) is 10.9. The van der Waals surface area contributed by atoms with Crippen LogP contribution in [0.4, 0.5) is 0 Å². The van der Waals surface area contributed by atoms with Crippen LogP contribution in [0, 0.1) is 0 Å². The summed E-state index contributed by atoms with van der Waals surface area (Å²) in [4.78, 5) is 0. The van der Waals surface area contributed by atoms with Crippen molar-refractivity contribution in [2.75, 3.05) is 0 Å². The average molecular weight is 417 g/mol.